The number of hydrogen-bond donors (Lipinski definition) is 1. The van der Waals surface area contributed by atoms with Crippen LogP contribution in [0.2, 0.25) is 0 Å². The van der Waals surface area contributed by atoms with E-state index in [4.69, 9.17) is 5.11 Å². The van der Waals surface area contributed by atoms with E-state index in [0.29, 0.717) is 12.4 Å². The number of halogens is 3. The molecular weight excluding hydrogens is 293 g/mol. The van der Waals surface area contributed by atoms with Gasteiger partial charge in [-0.3, -0.25) is 10.1 Å². The third-order valence-corrected chi connectivity index (χ3v) is 2.72. The number of alkyl halides is 3. The highest BCUT2D eigenvalue weighted by Gasteiger charge is 2.37. The van der Waals surface area contributed by atoms with E-state index in [1.54, 1.807) is 0 Å². The molecule has 0 aliphatic rings. The second-order valence-corrected chi connectivity index (χ2v) is 4.04. The zero-order valence-corrected chi connectivity index (χ0v) is 10.2. The Morgan fingerprint density at radius 3 is 2.33 bits per heavy atom. The number of nitro groups is 1. The van der Waals surface area contributed by atoms with E-state index in [0.717, 1.165) is 10.6 Å². The van der Waals surface area contributed by atoms with Gasteiger partial charge >= 0.3 is 12.1 Å². The van der Waals surface area contributed by atoms with Gasteiger partial charge in [0.25, 0.3) is 5.69 Å². The van der Waals surface area contributed by atoms with E-state index >= 15 is 0 Å². The first kappa shape index (κ1) is 14.6. The van der Waals surface area contributed by atoms with Crippen molar-refractivity contribution < 1.29 is 28.0 Å². The van der Waals surface area contributed by atoms with Crippen molar-refractivity contribution in [2.75, 3.05) is 0 Å². The van der Waals surface area contributed by atoms with Gasteiger partial charge in [0, 0.05) is 18.5 Å². The first-order valence-corrected chi connectivity index (χ1v) is 5.48. The molecule has 110 valence electrons. The van der Waals surface area contributed by atoms with Gasteiger partial charge in [0.2, 0.25) is 0 Å². The second-order valence-electron chi connectivity index (χ2n) is 4.04. The molecule has 1 N–H and O–H groups in total. The number of nitro benzene ring substituents is 1. The van der Waals surface area contributed by atoms with Crippen LogP contribution >= 0.6 is 0 Å². The lowest BCUT2D eigenvalue weighted by atomic mass is 10.2. The molecule has 0 spiro atoms. The van der Waals surface area contributed by atoms with Gasteiger partial charge in [-0.2, -0.15) is 13.2 Å². The maximum atomic E-state index is 12.8. The van der Waals surface area contributed by atoms with E-state index in [2.05, 4.69) is 0 Å². The lowest BCUT2D eigenvalue weighted by Gasteiger charge is -2.05. The summed E-state index contributed by atoms with van der Waals surface area (Å²) in [6.45, 7) is 0. The highest BCUT2D eigenvalue weighted by atomic mass is 19.4. The van der Waals surface area contributed by atoms with Gasteiger partial charge in [-0.05, 0) is 6.07 Å². The molecule has 0 saturated carbocycles. The highest BCUT2D eigenvalue weighted by molar-refractivity contribution is 5.89. The van der Waals surface area contributed by atoms with Crippen LogP contribution in [0.4, 0.5) is 18.9 Å². The predicted octanol–water partition coefficient (Wildman–Crippen LogP) is 3.10. The predicted molar refractivity (Wildman–Crippen MR) is 64.4 cm³/mol. The molecule has 1 aromatic heterocycles. The van der Waals surface area contributed by atoms with Crippen LogP contribution in [0.3, 0.4) is 0 Å². The van der Waals surface area contributed by atoms with Gasteiger partial charge in [0.15, 0.2) is 0 Å². The van der Waals surface area contributed by atoms with E-state index < -0.39 is 33.9 Å². The van der Waals surface area contributed by atoms with Crippen LogP contribution in [0.1, 0.15) is 15.9 Å². The average molecular weight is 300 g/mol. The largest absolute Gasteiger partial charge is 0.478 e. The molecule has 21 heavy (non-hydrogen) atoms. The Hall–Kier alpha value is -2.84. The fraction of sp³-hybridized carbons (Fsp3) is 0.0833. The maximum Gasteiger partial charge on any atom is 0.418 e. The molecule has 1 aromatic carbocycles. The number of carboxylic acid groups (broad SMARTS) is 1. The van der Waals surface area contributed by atoms with Crippen LogP contribution < -0.4 is 0 Å². The monoisotopic (exact) mass is 300 g/mol. The summed E-state index contributed by atoms with van der Waals surface area (Å²) >= 11 is 0. The molecule has 0 saturated heterocycles. The Bertz CT molecular complexity index is 722. The summed E-state index contributed by atoms with van der Waals surface area (Å²) in [5, 5.41) is 19.7. The maximum absolute atomic E-state index is 12.8. The standard InChI is InChI=1S/C12H7F3N2O4/c13-12(14,15)8-6-16(5-7(8)11(18)19)9-3-1-2-4-10(9)17(20)21/h1-6H,(H,18,19). The van der Waals surface area contributed by atoms with Gasteiger partial charge in [-0.25, -0.2) is 4.79 Å². The first-order chi connectivity index (χ1) is 9.71. The summed E-state index contributed by atoms with van der Waals surface area (Å²) in [6, 6.07) is 5.09. The van der Waals surface area contributed by atoms with E-state index in [1.165, 1.54) is 18.2 Å². The number of carbonyl (C=O) groups is 1. The van der Waals surface area contributed by atoms with Crippen LogP contribution in [0.25, 0.3) is 5.69 Å². The van der Waals surface area contributed by atoms with E-state index in [1.807, 2.05) is 0 Å². The van der Waals surface area contributed by atoms with Crippen LogP contribution in [-0.2, 0) is 6.18 Å². The zero-order valence-electron chi connectivity index (χ0n) is 10.2. The molecule has 9 heteroatoms. The lowest BCUT2D eigenvalue weighted by molar-refractivity contribution is -0.384. The molecule has 0 bridgehead atoms. The van der Waals surface area contributed by atoms with Crippen LogP contribution in [0, 0.1) is 10.1 Å². The SMILES string of the molecule is O=C(O)c1cn(-c2ccccc2[N+](=O)[O-])cc1C(F)(F)F. The topological polar surface area (TPSA) is 85.4 Å². The van der Waals surface area contributed by atoms with Crippen molar-refractivity contribution in [3.05, 3.63) is 57.9 Å². The molecule has 0 radical (unpaired) electrons. The van der Waals surface area contributed by atoms with Crippen molar-refractivity contribution in [2.24, 2.45) is 0 Å². The van der Waals surface area contributed by atoms with Crippen molar-refractivity contribution in [3.63, 3.8) is 0 Å². The number of carboxylic acids is 1. The second kappa shape index (κ2) is 4.93. The van der Waals surface area contributed by atoms with Gasteiger partial charge in [-0.1, -0.05) is 12.1 Å². The molecule has 0 fully saturated rings. The summed E-state index contributed by atoms with van der Waals surface area (Å²) in [6.07, 6.45) is -3.65. The van der Waals surface area contributed by atoms with Crippen molar-refractivity contribution in [3.8, 4) is 5.69 Å². The Balaban J connectivity index is 2.67. The van der Waals surface area contributed by atoms with Crippen molar-refractivity contribution >= 4 is 11.7 Å². The summed E-state index contributed by atoms with van der Waals surface area (Å²) < 4.78 is 39.1. The summed E-state index contributed by atoms with van der Waals surface area (Å²) in [7, 11) is 0. The normalized spacial score (nSPS) is 11.4. The minimum atomic E-state index is -4.87. The Labute approximate surface area is 115 Å². The quantitative estimate of drug-likeness (QED) is 0.697. The highest BCUT2D eigenvalue weighted by Crippen LogP contribution is 2.34. The van der Waals surface area contributed by atoms with E-state index in [9.17, 15) is 28.1 Å². The van der Waals surface area contributed by atoms with Crippen LogP contribution in [0.5, 0.6) is 0 Å². The van der Waals surface area contributed by atoms with Crippen molar-refractivity contribution in [1.82, 2.24) is 4.57 Å². The molecule has 0 aliphatic heterocycles. The number of aromatic nitrogens is 1. The lowest BCUT2D eigenvalue weighted by Crippen LogP contribution is -2.09. The Kier molecular flexibility index (Phi) is 3.42. The number of para-hydroxylation sites is 2. The van der Waals surface area contributed by atoms with Crippen molar-refractivity contribution in [2.45, 2.75) is 6.18 Å². The van der Waals surface area contributed by atoms with E-state index in [-0.39, 0.29) is 5.69 Å². The molecule has 0 atom stereocenters. The summed E-state index contributed by atoms with van der Waals surface area (Å²) in [5.74, 6) is -1.76. The molecule has 0 amide bonds. The van der Waals surface area contributed by atoms with Gasteiger partial charge in [0.1, 0.15) is 5.69 Å². The number of hydrogen-bond acceptors (Lipinski definition) is 3. The van der Waals surface area contributed by atoms with Gasteiger partial charge in [-0.15, -0.1) is 0 Å². The van der Waals surface area contributed by atoms with Crippen LogP contribution in [0.15, 0.2) is 36.7 Å². The minimum Gasteiger partial charge on any atom is -0.478 e. The third-order valence-electron chi connectivity index (χ3n) is 2.72. The first-order valence-electron chi connectivity index (χ1n) is 5.48. The van der Waals surface area contributed by atoms with Crippen molar-refractivity contribution in [1.29, 1.82) is 0 Å². The Morgan fingerprint density at radius 1 is 1.24 bits per heavy atom. The summed E-state index contributed by atoms with van der Waals surface area (Å²) in [4.78, 5) is 21.0. The molecule has 6 nitrogen and oxygen atoms in total. The number of aromatic carboxylic acids is 1. The molecular formula is C12H7F3N2O4. The molecule has 2 rings (SSSR count). The van der Waals surface area contributed by atoms with Crippen LogP contribution in [-0.4, -0.2) is 20.6 Å². The zero-order chi connectivity index (χ0) is 15.8. The molecule has 1 heterocycles. The summed E-state index contributed by atoms with van der Waals surface area (Å²) in [5.41, 5.74) is -2.92. The van der Waals surface area contributed by atoms with Gasteiger partial charge < -0.3 is 9.67 Å². The Morgan fingerprint density at radius 2 is 1.86 bits per heavy atom. The fourth-order valence-electron chi connectivity index (χ4n) is 1.83. The number of benzene rings is 1. The molecule has 0 aliphatic carbocycles. The minimum absolute atomic E-state index is 0.152. The fourth-order valence-corrected chi connectivity index (χ4v) is 1.83. The third kappa shape index (κ3) is 2.71. The number of nitrogens with zero attached hydrogens (tertiary/aromatic N) is 2. The van der Waals surface area contributed by atoms with Gasteiger partial charge in [0.05, 0.1) is 16.1 Å². The number of rotatable bonds is 3. The molecule has 2 aromatic rings. The smallest absolute Gasteiger partial charge is 0.418 e. The molecule has 0 unspecified atom stereocenters. The average Bonchev–Trinajstić information content (AvgIpc) is 2.83.